The molecule has 27 heavy (non-hydrogen) atoms. The molecule has 0 aliphatic rings. The van der Waals surface area contributed by atoms with E-state index in [0.717, 1.165) is 16.8 Å². The van der Waals surface area contributed by atoms with E-state index in [4.69, 9.17) is 0 Å². The van der Waals surface area contributed by atoms with Gasteiger partial charge in [-0.2, -0.15) is 0 Å². The third kappa shape index (κ3) is 5.03. The van der Waals surface area contributed by atoms with Gasteiger partial charge in [0.05, 0.1) is 0 Å². The van der Waals surface area contributed by atoms with Crippen LogP contribution in [0.15, 0.2) is 42.5 Å². The van der Waals surface area contributed by atoms with Gasteiger partial charge in [-0.1, -0.05) is 44.2 Å². The van der Waals surface area contributed by atoms with Gasteiger partial charge in [0.2, 0.25) is 11.8 Å². The van der Waals surface area contributed by atoms with Crippen molar-refractivity contribution in [2.45, 2.75) is 40.5 Å². The SMILES string of the molecule is CC(=O)c1cccc(N(CC(=O)Nc2c(C)cccc2C(C)C)C(C)=O)c1. The van der Waals surface area contributed by atoms with E-state index >= 15 is 0 Å². The predicted molar refractivity (Wildman–Crippen MR) is 108 cm³/mol. The summed E-state index contributed by atoms with van der Waals surface area (Å²) in [7, 11) is 0. The fraction of sp³-hybridized carbons (Fsp3) is 0.318. The van der Waals surface area contributed by atoms with Crippen molar-refractivity contribution in [3.05, 3.63) is 59.2 Å². The molecule has 0 radical (unpaired) electrons. The Kier molecular flexibility index (Phi) is 6.50. The van der Waals surface area contributed by atoms with E-state index < -0.39 is 0 Å². The molecule has 0 saturated carbocycles. The number of anilines is 2. The molecule has 0 aromatic heterocycles. The molecule has 0 saturated heterocycles. The van der Waals surface area contributed by atoms with Crippen molar-refractivity contribution in [2.24, 2.45) is 0 Å². The molecule has 142 valence electrons. The maximum atomic E-state index is 12.7. The van der Waals surface area contributed by atoms with Crippen LogP contribution in [0.2, 0.25) is 0 Å². The first-order valence-electron chi connectivity index (χ1n) is 8.99. The molecule has 2 aromatic carbocycles. The average molecular weight is 366 g/mol. The van der Waals surface area contributed by atoms with Gasteiger partial charge in [-0.05, 0) is 43.0 Å². The molecular weight excluding hydrogens is 340 g/mol. The predicted octanol–water partition coefficient (Wildman–Crippen LogP) is 4.31. The van der Waals surface area contributed by atoms with Crippen LogP contribution in [-0.4, -0.2) is 24.1 Å². The first kappa shape index (κ1) is 20.4. The smallest absolute Gasteiger partial charge is 0.244 e. The molecule has 0 aliphatic heterocycles. The number of carbonyl (C=O) groups excluding carboxylic acids is 3. The summed E-state index contributed by atoms with van der Waals surface area (Å²) in [4.78, 5) is 37.8. The highest BCUT2D eigenvalue weighted by Crippen LogP contribution is 2.27. The Labute approximate surface area is 160 Å². The normalized spacial score (nSPS) is 10.6. The lowest BCUT2D eigenvalue weighted by molar-refractivity contribution is -0.120. The number of rotatable bonds is 6. The van der Waals surface area contributed by atoms with E-state index in [2.05, 4.69) is 19.2 Å². The fourth-order valence-electron chi connectivity index (χ4n) is 2.94. The van der Waals surface area contributed by atoms with Crippen LogP contribution in [0.5, 0.6) is 0 Å². The Bertz CT molecular complexity index is 872. The summed E-state index contributed by atoms with van der Waals surface area (Å²) >= 11 is 0. The first-order valence-corrected chi connectivity index (χ1v) is 8.99. The minimum atomic E-state index is -0.283. The number of amides is 2. The Morgan fingerprint density at radius 2 is 1.70 bits per heavy atom. The quantitative estimate of drug-likeness (QED) is 0.775. The molecule has 0 heterocycles. The standard InChI is InChI=1S/C22H26N2O3/c1-14(2)20-11-6-8-15(3)22(20)23-21(27)13-24(17(5)26)19-10-7-9-18(12-19)16(4)25/h6-12,14H,13H2,1-5H3,(H,23,27). The van der Waals surface area contributed by atoms with E-state index in [9.17, 15) is 14.4 Å². The van der Waals surface area contributed by atoms with E-state index in [0.29, 0.717) is 11.3 Å². The van der Waals surface area contributed by atoms with Crippen molar-refractivity contribution in [3.8, 4) is 0 Å². The van der Waals surface area contributed by atoms with Gasteiger partial charge in [-0.25, -0.2) is 0 Å². The van der Waals surface area contributed by atoms with Crippen LogP contribution in [0.25, 0.3) is 0 Å². The highest BCUT2D eigenvalue weighted by Gasteiger charge is 2.19. The van der Waals surface area contributed by atoms with Gasteiger partial charge in [0.15, 0.2) is 5.78 Å². The van der Waals surface area contributed by atoms with Crippen LogP contribution in [-0.2, 0) is 9.59 Å². The van der Waals surface area contributed by atoms with Crippen LogP contribution >= 0.6 is 0 Å². The molecule has 0 bridgehead atoms. The Hall–Kier alpha value is -2.95. The minimum absolute atomic E-state index is 0.0914. The molecule has 0 fully saturated rings. The highest BCUT2D eigenvalue weighted by atomic mass is 16.2. The second kappa shape index (κ2) is 8.62. The Morgan fingerprint density at radius 1 is 1.04 bits per heavy atom. The lowest BCUT2D eigenvalue weighted by atomic mass is 9.98. The van der Waals surface area contributed by atoms with Crippen LogP contribution < -0.4 is 10.2 Å². The number of aryl methyl sites for hydroxylation is 1. The summed E-state index contributed by atoms with van der Waals surface area (Å²) in [6.07, 6.45) is 0. The molecule has 1 N–H and O–H groups in total. The first-order chi connectivity index (χ1) is 12.7. The van der Waals surface area contributed by atoms with Crippen LogP contribution in [0, 0.1) is 6.92 Å². The van der Waals surface area contributed by atoms with Gasteiger partial charge >= 0.3 is 0 Å². The second-order valence-electron chi connectivity index (χ2n) is 6.95. The number of ketones is 1. The Balaban J connectivity index is 2.26. The molecule has 2 amide bonds. The number of hydrogen-bond donors (Lipinski definition) is 1. The van der Waals surface area contributed by atoms with Crippen LogP contribution in [0.1, 0.15) is 55.1 Å². The number of carbonyl (C=O) groups is 3. The molecule has 0 atom stereocenters. The molecule has 0 aliphatic carbocycles. The van der Waals surface area contributed by atoms with E-state index in [-0.39, 0.29) is 30.1 Å². The Morgan fingerprint density at radius 3 is 2.30 bits per heavy atom. The van der Waals surface area contributed by atoms with Gasteiger partial charge in [-0.15, -0.1) is 0 Å². The van der Waals surface area contributed by atoms with Crippen molar-refractivity contribution >= 4 is 29.0 Å². The maximum absolute atomic E-state index is 12.7. The van der Waals surface area contributed by atoms with E-state index in [1.165, 1.54) is 18.7 Å². The zero-order valence-corrected chi connectivity index (χ0v) is 16.5. The largest absolute Gasteiger partial charge is 0.324 e. The second-order valence-corrected chi connectivity index (χ2v) is 6.95. The molecule has 0 spiro atoms. The third-order valence-corrected chi connectivity index (χ3v) is 4.44. The molecular formula is C22H26N2O3. The van der Waals surface area contributed by atoms with E-state index in [1.54, 1.807) is 24.3 Å². The van der Waals surface area contributed by atoms with E-state index in [1.807, 2.05) is 25.1 Å². The lowest BCUT2D eigenvalue weighted by Crippen LogP contribution is -2.37. The number of nitrogens with zero attached hydrogens (tertiary/aromatic N) is 1. The van der Waals surface area contributed by atoms with Crippen molar-refractivity contribution < 1.29 is 14.4 Å². The lowest BCUT2D eigenvalue weighted by Gasteiger charge is -2.22. The van der Waals surface area contributed by atoms with Gasteiger partial charge < -0.3 is 10.2 Å². The summed E-state index contributed by atoms with van der Waals surface area (Å²) in [6, 6.07) is 12.6. The number of Topliss-reactive ketones (excluding diaryl/α,β-unsaturated/α-hetero) is 1. The third-order valence-electron chi connectivity index (χ3n) is 4.44. The van der Waals surface area contributed by atoms with Crippen molar-refractivity contribution in [3.63, 3.8) is 0 Å². The topological polar surface area (TPSA) is 66.5 Å². The van der Waals surface area contributed by atoms with Crippen LogP contribution in [0.4, 0.5) is 11.4 Å². The summed E-state index contributed by atoms with van der Waals surface area (Å²) < 4.78 is 0. The van der Waals surface area contributed by atoms with Gasteiger partial charge in [0.25, 0.3) is 0 Å². The fourth-order valence-corrected chi connectivity index (χ4v) is 2.94. The highest BCUT2D eigenvalue weighted by molar-refractivity contribution is 6.03. The molecule has 2 rings (SSSR count). The minimum Gasteiger partial charge on any atom is -0.324 e. The van der Waals surface area contributed by atoms with Gasteiger partial charge in [0.1, 0.15) is 6.54 Å². The summed E-state index contributed by atoms with van der Waals surface area (Å²) in [6.45, 7) is 8.83. The van der Waals surface area contributed by atoms with Crippen molar-refractivity contribution in [1.29, 1.82) is 0 Å². The number of hydrogen-bond acceptors (Lipinski definition) is 3. The van der Waals surface area contributed by atoms with Crippen LogP contribution in [0.3, 0.4) is 0 Å². The summed E-state index contributed by atoms with van der Waals surface area (Å²) in [5, 5.41) is 2.95. The summed E-state index contributed by atoms with van der Waals surface area (Å²) in [5.41, 5.74) is 3.84. The van der Waals surface area contributed by atoms with Gasteiger partial charge in [0, 0.05) is 23.9 Å². The van der Waals surface area contributed by atoms with Gasteiger partial charge in [-0.3, -0.25) is 14.4 Å². The summed E-state index contributed by atoms with van der Waals surface area (Å²) in [5.74, 6) is -0.378. The zero-order valence-electron chi connectivity index (χ0n) is 16.5. The average Bonchev–Trinajstić information content (AvgIpc) is 2.61. The number of nitrogens with one attached hydrogen (secondary N) is 1. The zero-order chi connectivity index (χ0) is 20.1. The molecule has 5 nitrogen and oxygen atoms in total. The maximum Gasteiger partial charge on any atom is 0.244 e. The number of para-hydroxylation sites is 1. The molecule has 5 heteroatoms. The number of benzene rings is 2. The molecule has 2 aromatic rings. The van der Waals surface area contributed by atoms with Crippen molar-refractivity contribution in [2.75, 3.05) is 16.8 Å². The van der Waals surface area contributed by atoms with Crippen molar-refractivity contribution in [1.82, 2.24) is 0 Å². The molecule has 0 unspecified atom stereocenters. The monoisotopic (exact) mass is 366 g/mol.